The van der Waals surface area contributed by atoms with Gasteiger partial charge in [-0.05, 0) is 34.9 Å². The molecule has 1 N–H and O–H groups in total. The molecular formula is C14H22NO2S. The lowest BCUT2D eigenvalue weighted by Gasteiger charge is -2.33. The molecule has 0 saturated heterocycles. The van der Waals surface area contributed by atoms with E-state index in [4.69, 9.17) is 5.14 Å². The standard InChI is InChI=1S/C14H22NO2S/c1-13(2,3)10-14(4,5)11-6-8-12(9-7-11)18(15,16)17/h6-9,15H,10H2,1-5H3. The van der Waals surface area contributed by atoms with Gasteiger partial charge in [0, 0.05) is 0 Å². The molecule has 1 aromatic rings. The molecule has 0 aromatic heterocycles. The molecule has 3 nitrogen and oxygen atoms in total. The predicted octanol–water partition coefficient (Wildman–Crippen LogP) is 3.37. The quantitative estimate of drug-likeness (QED) is 0.843. The molecule has 4 heteroatoms. The van der Waals surface area contributed by atoms with E-state index in [9.17, 15) is 8.42 Å². The van der Waals surface area contributed by atoms with Crippen LogP contribution < -0.4 is 5.14 Å². The molecule has 0 aliphatic carbocycles. The number of hydrogen-bond donors (Lipinski definition) is 0. The SMILES string of the molecule is CC(C)(C)CC(C)(C)c1ccc(S([NH])(=O)=O)cc1. The zero-order valence-electron chi connectivity index (χ0n) is 11.7. The minimum absolute atomic E-state index is 0.0113. The summed E-state index contributed by atoms with van der Waals surface area (Å²) in [5, 5.41) is 7.02. The zero-order valence-corrected chi connectivity index (χ0v) is 12.6. The van der Waals surface area contributed by atoms with Crippen LogP contribution in [0.4, 0.5) is 0 Å². The fourth-order valence-electron chi connectivity index (χ4n) is 2.51. The van der Waals surface area contributed by atoms with E-state index in [0.717, 1.165) is 12.0 Å². The second-order valence-electron chi connectivity index (χ2n) is 6.65. The molecule has 0 unspecified atom stereocenters. The molecule has 0 amide bonds. The van der Waals surface area contributed by atoms with Gasteiger partial charge in [-0.25, -0.2) is 8.42 Å². The van der Waals surface area contributed by atoms with Crippen LogP contribution >= 0.6 is 0 Å². The molecule has 101 valence electrons. The third-order valence-corrected chi connectivity index (χ3v) is 3.81. The first-order valence-corrected chi connectivity index (χ1v) is 7.50. The Bertz CT molecular complexity index is 508. The van der Waals surface area contributed by atoms with Crippen molar-refractivity contribution >= 4 is 10.0 Å². The number of benzene rings is 1. The molecule has 18 heavy (non-hydrogen) atoms. The van der Waals surface area contributed by atoms with E-state index < -0.39 is 10.0 Å². The van der Waals surface area contributed by atoms with Crippen LogP contribution in [-0.2, 0) is 15.4 Å². The summed E-state index contributed by atoms with van der Waals surface area (Å²) in [4.78, 5) is 0.0535. The lowest BCUT2D eigenvalue weighted by atomic mass is 9.72. The van der Waals surface area contributed by atoms with Crippen molar-refractivity contribution in [2.24, 2.45) is 5.41 Å². The average Bonchev–Trinajstić information content (AvgIpc) is 2.13. The van der Waals surface area contributed by atoms with Crippen LogP contribution in [0.15, 0.2) is 29.2 Å². The third-order valence-electron chi connectivity index (χ3n) is 2.92. The largest absolute Gasteiger partial charge is 0.254 e. The molecule has 1 rings (SSSR count). The van der Waals surface area contributed by atoms with E-state index in [2.05, 4.69) is 34.6 Å². The van der Waals surface area contributed by atoms with Crippen LogP contribution in [-0.4, -0.2) is 8.42 Å². The number of rotatable bonds is 3. The van der Waals surface area contributed by atoms with E-state index in [0.29, 0.717) is 0 Å². The van der Waals surface area contributed by atoms with Crippen molar-refractivity contribution in [2.75, 3.05) is 0 Å². The second-order valence-corrected chi connectivity index (χ2v) is 8.13. The number of nitrogens with one attached hydrogen (secondary N) is 1. The maximum Gasteiger partial charge on any atom is 0.254 e. The van der Waals surface area contributed by atoms with Crippen LogP contribution in [0.3, 0.4) is 0 Å². The van der Waals surface area contributed by atoms with Gasteiger partial charge in [0.25, 0.3) is 10.0 Å². The Balaban J connectivity index is 3.05. The minimum atomic E-state index is -3.85. The summed E-state index contributed by atoms with van der Waals surface area (Å²) in [6.07, 6.45) is 1.01. The van der Waals surface area contributed by atoms with Crippen molar-refractivity contribution in [3.63, 3.8) is 0 Å². The van der Waals surface area contributed by atoms with Crippen molar-refractivity contribution in [2.45, 2.75) is 51.3 Å². The van der Waals surface area contributed by atoms with Gasteiger partial charge in [-0.1, -0.05) is 46.8 Å². The summed E-state index contributed by atoms with van der Waals surface area (Å²) in [5.74, 6) is 0. The highest BCUT2D eigenvalue weighted by Crippen LogP contribution is 2.36. The molecule has 1 radical (unpaired) electrons. The topological polar surface area (TPSA) is 57.9 Å². The monoisotopic (exact) mass is 268 g/mol. The van der Waals surface area contributed by atoms with E-state index >= 15 is 0 Å². The van der Waals surface area contributed by atoms with Crippen LogP contribution in [0.2, 0.25) is 0 Å². The zero-order chi connectivity index (χ0) is 14.2. The first-order chi connectivity index (χ1) is 7.92. The summed E-state index contributed by atoms with van der Waals surface area (Å²) >= 11 is 0. The van der Waals surface area contributed by atoms with Gasteiger partial charge in [-0.15, -0.1) is 5.14 Å². The predicted molar refractivity (Wildman–Crippen MR) is 73.8 cm³/mol. The molecule has 0 saturated carbocycles. The van der Waals surface area contributed by atoms with Gasteiger partial charge in [0.2, 0.25) is 0 Å². The molecule has 0 fully saturated rings. The highest BCUT2D eigenvalue weighted by molar-refractivity contribution is 7.88. The lowest BCUT2D eigenvalue weighted by Crippen LogP contribution is -2.24. The Kier molecular flexibility index (Phi) is 3.94. The molecule has 0 aliphatic heterocycles. The van der Waals surface area contributed by atoms with Gasteiger partial charge in [0.05, 0.1) is 4.90 Å². The normalized spacial score (nSPS) is 13.7. The van der Waals surface area contributed by atoms with Gasteiger partial charge in [-0.2, -0.15) is 0 Å². The van der Waals surface area contributed by atoms with E-state index in [1.165, 1.54) is 12.1 Å². The molecule has 0 spiro atoms. The fourth-order valence-corrected chi connectivity index (χ4v) is 3.01. The lowest BCUT2D eigenvalue weighted by molar-refractivity contribution is 0.284. The second kappa shape index (κ2) is 4.67. The molecular weight excluding hydrogens is 246 g/mol. The maximum absolute atomic E-state index is 11.1. The summed E-state index contributed by atoms with van der Waals surface area (Å²) in [6, 6.07) is 6.66. The minimum Gasteiger partial charge on any atom is -0.206 e. The smallest absolute Gasteiger partial charge is 0.206 e. The summed E-state index contributed by atoms with van der Waals surface area (Å²) in [5.41, 5.74) is 1.30. The average molecular weight is 268 g/mol. The van der Waals surface area contributed by atoms with Crippen LogP contribution in [0.5, 0.6) is 0 Å². The van der Waals surface area contributed by atoms with Gasteiger partial charge >= 0.3 is 0 Å². The Morgan fingerprint density at radius 3 is 1.78 bits per heavy atom. The van der Waals surface area contributed by atoms with Crippen molar-refractivity contribution in [3.8, 4) is 0 Å². The van der Waals surface area contributed by atoms with E-state index in [1.807, 2.05) is 12.1 Å². The fraction of sp³-hybridized carbons (Fsp3) is 0.571. The molecule has 1 aromatic carbocycles. The first kappa shape index (κ1) is 15.2. The molecule has 0 bridgehead atoms. The highest BCUT2D eigenvalue weighted by atomic mass is 32.2. The van der Waals surface area contributed by atoms with Crippen molar-refractivity contribution in [1.29, 1.82) is 0 Å². The van der Waals surface area contributed by atoms with Gasteiger partial charge in [0.15, 0.2) is 0 Å². The summed E-state index contributed by atoms with van der Waals surface area (Å²) in [7, 11) is -3.85. The van der Waals surface area contributed by atoms with Gasteiger partial charge < -0.3 is 0 Å². The van der Waals surface area contributed by atoms with Crippen LogP contribution in [0.1, 0.15) is 46.6 Å². The Hall–Kier alpha value is -0.870. The summed E-state index contributed by atoms with van der Waals surface area (Å²) in [6.45, 7) is 10.9. The van der Waals surface area contributed by atoms with Crippen molar-refractivity contribution in [1.82, 2.24) is 5.14 Å². The van der Waals surface area contributed by atoms with Gasteiger partial charge in [0.1, 0.15) is 0 Å². The van der Waals surface area contributed by atoms with Gasteiger partial charge in [-0.3, -0.25) is 0 Å². The maximum atomic E-state index is 11.1. The van der Waals surface area contributed by atoms with Crippen molar-refractivity contribution in [3.05, 3.63) is 29.8 Å². The van der Waals surface area contributed by atoms with Crippen LogP contribution in [0, 0.1) is 5.41 Å². The van der Waals surface area contributed by atoms with Crippen LogP contribution in [0.25, 0.3) is 0 Å². The van der Waals surface area contributed by atoms with E-state index in [1.54, 1.807) is 0 Å². The number of hydrogen-bond acceptors (Lipinski definition) is 2. The summed E-state index contributed by atoms with van der Waals surface area (Å²) < 4.78 is 22.2. The Morgan fingerprint density at radius 2 is 1.44 bits per heavy atom. The Labute approximate surface area is 110 Å². The third kappa shape index (κ3) is 4.10. The number of sulfonamides is 1. The molecule has 0 heterocycles. The van der Waals surface area contributed by atoms with Crippen molar-refractivity contribution < 1.29 is 8.42 Å². The molecule has 0 aliphatic rings. The van der Waals surface area contributed by atoms with E-state index in [-0.39, 0.29) is 15.7 Å². The molecule has 0 atom stereocenters. The Morgan fingerprint density at radius 1 is 1.00 bits per heavy atom. The first-order valence-electron chi connectivity index (χ1n) is 6.02. The highest BCUT2D eigenvalue weighted by Gasteiger charge is 2.27.